The zero-order valence-electron chi connectivity index (χ0n) is 31.8. The van der Waals surface area contributed by atoms with Crippen molar-refractivity contribution in [2.75, 3.05) is 9.80 Å². The lowest BCUT2D eigenvalue weighted by Crippen LogP contribution is -2.27. The van der Waals surface area contributed by atoms with Crippen LogP contribution in [0.1, 0.15) is 52.4 Å². The third-order valence-electron chi connectivity index (χ3n) is 11.8. The smallest absolute Gasteiger partial charge is 0.0632 e. The van der Waals surface area contributed by atoms with E-state index in [-0.39, 0.29) is 6.04 Å². The minimum atomic E-state index is 0.175. The average Bonchev–Trinajstić information content (AvgIpc) is 3.60. The molecule has 0 spiro atoms. The minimum absolute atomic E-state index is 0.175. The summed E-state index contributed by atoms with van der Waals surface area (Å²) in [6.45, 7) is 2.18. The number of aryl methyl sites for hydroxylation is 2. The van der Waals surface area contributed by atoms with E-state index in [1.807, 2.05) is 11.8 Å². The highest BCUT2D eigenvalue weighted by molar-refractivity contribution is 7.99. The van der Waals surface area contributed by atoms with Crippen LogP contribution in [0.25, 0.3) is 28.2 Å². The first-order valence-corrected chi connectivity index (χ1v) is 20.8. The van der Waals surface area contributed by atoms with Crippen LogP contribution in [0.3, 0.4) is 0 Å². The van der Waals surface area contributed by atoms with Gasteiger partial charge in [0.15, 0.2) is 0 Å². The fourth-order valence-electron chi connectivity index (χ4n) is 9.36. The summed E-state index contributed by atoms with van der Waals surface area (Å²) < 4.78 is 2.45. The van der Waals surface area contributed by atoms with Crippen LogP contribution in [0.15, 0.2) is 192 Å². The highest BCUT2D eigenvalue weighted by Crippen LogP contribution is 2.54. The van der Waals surface area contributed by atoms with Gasteiger partial charge in [0.25, 0.3) is 0 Å². The third-order valence-corrected chi connectivity index (χ3v) is 12.9. The van der Waals surface area contributed by atoms with E-state index in [2.05, 4.69) is 209 Å². The maximum atomic E-state index is 2.54. The summed E-state index contributed by atoms with van der Waals surface area (Å²) in [4.78, 5) is 7.55. The summed E-state index contributed by atoms with van der Waals surface area (Å²) in [5.74, 6) is 0. The molecule has 0 saturated carbocycles. The van der Waals surface area contributed by atoms with Crippen molar-refractivity contribution >= 4 is 62.8 Å². The molecule has 1 aliphatic heterocycles. The molecule has 7 aromatic carbocycles. The molecule has 1 atom stereocenters. The zero-order chi connectivity index (χ0) is 37.9. The monoisotopic (exact) mass is 751 g/mol. The molecule has 0 radical (unpaired) electrons. The lowest BCUT2D eigenvalue weighted by atomic mass is 9.82. The number of para-hydroxylation sites is 3. The second kappa shape index (κ2) is 13.9. The number of allylic oxidation sites excluding steroid dienone is 1. The van der Waals surface area contributed by atoms with Crippen LogP contribution < -0.4 is 9.80 Å². The average molecular weight is 752 g/mol. The Morgan fingerprint density at radius 3 is 2.21 bits per heavy atom. The second-order valence-electron chi connectivity index (χ2n) is 15.3. The molecule has 2 aliphatic carbocycles. The van der Waals surface area contributed by atoms with Crippen molar-refractivity contribution in [2.24, 2.45) is 0 Å². The molecule has 2 heterocycles. The first-order chi connectivity index (χ1) is 28.2. The highest BCUT2D eigenvalue weighted by atomic mass is 32.2. The molecule has 0 bridgehead atoms. The standard InChI is InChI=1S/C53H41N3S/c1-36-15-12-20-39(33-36)55(38-18-6-3-7-19-38)50-32-31-46-45-30-29-42(35-52(45)57-51-28-14-25-47(50)53(46)51)54(37-16-4-2-5-17-37)40-21-13-22-41(34-40)56-48-26-10-8-23-43(48)44-24-9-11-27-49(44)56/h2-8,10-23,25-31,33-35,50H,9,24,32H2,1H3. The Labute approximate surface area is 338 Å². The number of nitrogens with zero attached hydrogens (tertiary/aromatic N) is 3. The number of fused-ring (bicyclic) bond motifs is 5. The van der Waals surface area contributed by atoms with Crippen molar-refractivity contribution in [3.05, 3.63) is 216 Å². The van der Waals surface area contributed by atoms with Crippen LogP contribution in [0.4, 0.5) is 28.4 Å². The van der Waals surface area contributed by atoms with E-state index in [4.69, 9.17) is 0 Å². The predicted octanol–water partition coefficient (Wildman–Crippen LogP) is 14.5. The molecule has 0 fully saturated rings. The van der Waals surface area contributed by atoms with Crippen LogP contribution in [0, 0.1) is 6.92 Å². The molecular weight excluding hydrogens is 711 g/mol. The van der Waals surface area contributed by atoms with Crippen LogP contribution >= 0.6 is 11.8 Å². The molecule has 8 aromatic rings. The fourth-order valence-corrected chi connectivity index (χ4v) is 10.5. The maximum Gasteiger partial charge on any atom is 0.0632 e. The van der Waals surface area contributed by atoms with Gasteiger partial charge in [0.1, 0.15) is 0 Å². The van der Waals surface area contributed by atoms with Crippen molar-refractivity contribution in [2.45, 2.75) is 42.0 Å². The summed E-state index contributed by atoms with van der Waals surface area (Å²) in [7, 11) is 0. The molecule has 0 saturated heterocycles. The first kappa shape index (κ1) is 33.8. The Balaban J connectivity index is 1.01. The van der Waals surface area contributed by atoms with E-state index in [1.165, 1.54) is 76.8 Å². The predicted molar refractivity (Wildman–Crippen MR) is 240 cm³/mol. The van der Waals surface area contributed by atoms with Crippen molar-refractivity contribution < 1.29 is 0 Å². The van der Waals surface area contributed by atoms with Crippen LogP contribution in [0.2, 0.25) is 0 Å². The van der Waals surface area contributed by atoms with Gasteiger partial charge in [0.2, 0.25) is 0 Å². The van der Waals surface area contributed by atoms with Gasteiger partial charge in [-0.1, -0.05) is 115 Å². The summed E-state index contributed by atoms with van der Waals surface area (Å²) in [6, 6.07) is 62.7. The molecule has 57 heavy (non-hydrogen) atoms. The topological polar surface area (TPSA) is 11.4 Å². The molecule has 1 unspecified atom stereocenters. The third kappa shape index (κ3) is 5.74. The van der Waals surface area contributed by atoms with Gasteiger partial charge in [0.05, 0.1) is 11.6 Å². The van der Waals surface area contributed by atoms with Gasteiger partial charge in [-0.3, -0.25) is 0 Å². The second-order valence-corrected chi connectivity index (χ2v) is 16.3. The van der Waals surface area contributed by atoms with E-state index >= 15 is 0 Å². The van der Waals surface area contributed by atoms with E-state index < -0.39 is 0 Å². The Morgan fingerprint density at radius 1 is 0.614 bits per heavy atom. The Bertz CT molecular complexity index is 2890. The SMILES string of the molecule is Cc1cccc(N(c2ccccc2)C2CC=C3c4ccc(N(c5ccccc5)c5cccc(-n6c7c(c8ccccc86)CCC=C7)c5)cc4Sc4cccc2c43)c1. The summed E-state index contributed by atoms with van der Waals surface area (Å²) in [5.41, 5.74) is 17.7. The number of rotatable bonds is 7. The zero-order valence-corrected chi connectivity index (χ0v) is 32.7. The van der Waals surface area contributed by atoms with E-state index in [1.54, 1.807) is 0 Å². The molecule has 3 nitrogen and oxygen atoms in total. The van der Waals surface area contributed by atoms with Gasteiger partial charge in [-0.2, -0.15) is 0 Å². The van der Waals surface area contributed by atoms with Gasteiger partial charge in [0, 0.05) is 60.6 Å². The largest absolute Gasteiger partial charge is 0.334 e. The molecule has 0 N–H and O–H groups in total. The number of hydrogen-bond donors (Lipinski definition) is 0. The van der Waals surface area contributed by atoms with Gasteiger partial charge in [-0.15, -0.1) is 0 Å². The van der Waals surface area contributed by atoms with Crippen molar-refractivity contribution in [3.8, 4) is 5.69 Å². The van der Waals surface area contributed by atoms with Crippen LogP contribution in [-0.4, -0.2) is 4.57 Å². The van der Waals surface area contributed by atoms with Gasteiger partial charge >= 0.3 is 0 Å². The summed E-state index contributed by atoms with van der Waals surface area (Å²) >= 11 is 1.90. The Hall–Kier alpha value is -6.49. The lowest BCUT2D eigenvalue weighted by molar-refractivity contribution is 0.695. The van der Waals surface area contributed by atoms with Crippen LogP contribution in [-0.2, 0) is 6.42 Å². The highest BCUT2D eigenvalue weighted by Gasteiger charge is 2.34. The van der Waals surface area contributed by atoms with Gasteiger partial charge in [-0.05, 0) is 139 Å². The minimum Gasteiger partial charge on any atom is -0.334 e. The normalized spacial score (nSPS) is 15.0. The molecule has 1 aromatic heterocycles. The van der Waals surface area contributed by atoms with E-state index in [0.29, 0.717) is 0 Å². The molecular formula is C53H41N3S. The van der Waals surface area contributed by atoms with Gasteiger partial charge < -0.3 is 14.4 Å². The number of benzene rings is 7. The summed E-state index contributed by atoms with van der Waals surface area (Å²) in [6.07, 6.45) is 10.2. The van der Waals surface area contributed by atoms with Gasteiger partial charge in [-0.25, -0.2) is 0 Å². The molecule has 4 heteroatoms. The van der Waals surface area contributed by atoms with Crippen molar-refractivity contribution in [1.29, 1.82) is 0 Å². The fraction of sp³-hybridized carbons (Fsp3) is 0.0943. The molecule has 274 valence electrons. The first-order valence-electron chi connectivity index (χ1n) is 20.0. The summed E-state index contributed by atoms with van der Waals surface area (Å²) in [5, 5.41) is 1.35. The number of aromatic nitrogens is 1. The molecule has 0 amide bonds. The van der Waals surface area contributed by atoms with Crippen molar-refractivity contribution in [1.82, 2.24) is 4.57 Å². The van der Waals surface area contributed by atoms with E-state index in [9.17, 15) is 0 Å². The number of anilines is 5. The lowest BCUT2D eigenvalue weighted by Gasteiger charge is -2.39. The Morgan fingerprint density at radius 2 is 1.35 bits per heavy atom. The molecule has 11 rings (SSSR count). The number of hydrogen-bond acceptors (Lipinski definition) is 3. The molecule has 3 aliphatic rings. The quantitative estimate of drug-likeness (QED) is 0.161. The van der Waals surface area contributed by atoms with Crippen LogP contribution in [0.5, 0.6) is 0 Å². The Kier molecular flexibility index (Phi) is 8.25. The van der Waals surface area contributed by atoms with Crippen molar-refractivity contribution in [3.63, 3.8) is 0 Å². The van der Waals surface area contributed by atoms with E-state index in [0.717, 1.165) is 36.3 Å². The maximum absolute atomic E-state index is 2.54.